The van der Waals surface area contributed by atoms with E-state index in [0.717, 1.165) is 42.1 Å². The molecule has 3 unspecified atom stereocenters. The number of aromatic hydroxyl groups is 2. The van der Waals surface area contributed by atoms with Crippen LogP contribution in [0, 0.1) is 5.92 Å². The number of likely N-dealkylation sites (tertiary alicyclic amines) is 1. The van der Waals surface area contributed by atoms with Crippen molar-refractivity contribution in [3.8, 4) is 28.7 Å². The molecule has 0 radical (unpaired) electrons. The molecule has 5 rings (SSSR count). The van der Waals surface area contributed by atoms with Crippen molar-refractivity contribution >= 4 is 0 Å². The van der Waals surface area contributed by atoms with Crippen molar-refractivity contribution in [2.75, 3.05) is 26.8 Å². The molecule has 154 valence electrons. The van der Waals surface area contributed by atoms with Crippen molar-refractivity contribution in [1.82, 2.24) is 4.90 Å². The van der Waals surface area contributed by atoms with Gasteiger partial charge in [0.2, 0.25) is 5.75 Å². The Hall–Kier alpha value is -2.60. The van der Waals surface area contributed by atoms with E-state index >= 15 is 0 Å². The van der Waals surface area contributed by atoms with Crippen LogP contribution in [0.25, 0.3) is 0 Å². The fraction of sp³-hybridized carbons (Fsp3) is 0.478. The fourth-order valence-electron chi connectivity index (χ4n) is 5.09. The van der Waals surface area contributed by atoms with Gasteiger partial charge in [-0.05, 0) is 42.2 Å². The molecule has 3 aliphatic heterocycles. The number of hydrogen-bond donors (Lipinski definition) is 2. The number of hydrogen-bond acceptors (Lipinski definition) is 6. The average molecular weight is 397 g/mol. The van der Waals surface area contributed by atoms with Crippen molar-refractivity contribution in [2.45, 2.75) is 38.3 Å². The van der Waals surface area contributed by atoms with E-state index in [0.29, 0.717) is 6.61 Å². The summed E-state index contributed by atoms with van der Waals surface area (Å²) in [5.41, 5.74) is 3.21. The molecule has 2 aromatic carbocycles. The highest BCUT2D eigenvalue weighted by molar-refractivity contribution is 5.58. The predicted octanol–water partition coefficient (Wildman–Crippen LogP) is 3.62. The Labute approximate surface area is 170 Å². The standard InChI is InChI=1S/C23H27NO5/c1-13-21(15-10-17(25)22(26)20(11-15)27-2)16-9-14-5-8-28-18(14)12-19(16)29-23(13)24-6-3-4-7-24/h9-13,21,23,25-26H,3-8H2,1-2H3. The molecule has 0 bridgehead atoms. The summed E-state index contributed by atoms with van der Waals surface area (Å²) in [7, 11) is 1.50. The van der Waals surface area contributed by atoms with Crippen molar-refractivity contribution in [3.63, 3.8) is 0 Å². The number of phenols is 2. The van der Waals surface area contributed by atoms with Gasteiger partial charge in [-0.15, -0.1) is 0 Å². The zero-order chi connectivity index (χ0) is 20.1. The summed E-state index contributed by atoms with van der Waals surface area (Å²) < 4.78 is 17.6. The number of benzene rings is 2. The topological polar surface area (TPSA) is 71.4 Å². The van der Waals surface area contributed by atoms with Crippen molar-refractivity contribution < 1.29 is 24.4 Å². The van der Waals surface area contributed by atoms with Crippen LogP contribution >= 0.6 is 0 Å². The quantitative estimate of drug-likeness (QED) is 0.771. The maximum absolute atomic E-state index is 10.3. The Bertz CT molecular complexity index is 937. The van der Waals surface area contributed by atoms with Crippen LogP contribution in [-0.2, 0) is 6.42 Å². The SMILES string of the molecule is COc1cc(C2c3cc4c(cc3OC(N3CCCC3)C2C)OCC4)cc(O)c1O. The lowest BCUT2D eigenvalue weighted by atomic mass is 9.77. The van der Waals surface area contributed by atoms with Crippen LogP contribution in [0.1, 0.15) is 42.4 Å². The molecule has 6 nitrogen and oxygen atoms in total. The summed E-state index contributed by atoms with van der Waals surface area (Å²) >= 11 is 0. The Kier molecular flexibility index (Phi) is 4.46. The van der Waals surface area contributed by atoms with E-state index in [9.17, 15) is 10.2 Å². The normalized spacial score (nSPS) is 25.8. The Morgan fingerprint density at radius 2 is 1.86 bits per heavy atom. The number of rotatable bonds is 3. The smallest absolute Gasteiger partial charge is 0.200 e. The molecule has 3 aliphatic rings. The van der Waals surface area contributed by atoms with E-state index < -0.39 is 0 Å². The van der Waals surface area contributed by atoms with E-state index in [1.165, 1.54) is 25.5 Å². The maximum Gasteiger partial charge on any atom is 0.200 e. The Morgan fingerprint density at radius 3 is 2.62 bits per heavy atom. The van der Waals surface area contributed by atoms with Gasteiger partial charge in [0.25, 0.3) is 0 Å². The van der Waals surface area contributed by atoms with Crippen molar-refractivity contribution in [3.05, 3.63) is 41.0 Å². The van der Waals surface area contributed by atoms with Crippen LogP contribution in [0.5, 0.6) is 28.7 Å². The molecule has 0 amide bonds. The number of phenolic OH excluding ortho intramolecular Hbond substituents is 2. The first-order valence-electron chi connectivity index (χ1n) is 10.4. The molecule has 3 atom stereocenters. The second kappa shape index (κ2) is 7.02. The van der Waals surface area contributed by atoms with E-state index in [4.69, 9.17) is 14.2 Å². The zero-order valence-electron chi connectivity index (χ0n) is 16.9. The second-order valence-electron chi connectivity index (χ2n) is 8.28. The first-order valence-corrected chi connectivity index (χ1v) is 10.4. The summed E-state index contributed by atoms with van der Waals surface area (Å²) in [5, 5.41) is 20.4. The molecular weight excluding hydrogens is 370 g/mol. The van der Waals surface area contributed by atoms with Gasteiger partial charge >= 0.3 is 0 Å². The minimum absolute atomic E-state index is 0.00986. The summed E-state index contributed by atoms with van der Waals surface area (Å²) in [4.78, 5) is 2.41. The molecular formula is C23H27NO5. The van der Waals surface area contributed by atoms with Crippen LogP contribution < -0.4 is 14.2 Å². The van der Waals surface area contributed by atoms with Gasteiger partial charge in [-0.1, -0.05) is 6.92 Å². The predicted molar refractivity (Wildman–Crippen MR) is 108 cm³/mol. The van der Waals surface area contributed by atoms with Crippen LogP contribution in [0.4, 0.5) is 0 Å². The first-order chi connectivity index (χ1) is 14.1. The van der Waals surface area contributed by atoms with Gasteiger partial charge in [0.1, 0.15) is 11.5 Å². The van der Waals surface area contributed by atoms with Crippen molar-refractivity contribution in [1.29, 1.82) is 0 Å². The number of fused-ring (bicyclic) bond motifs is 2. The third-order valence-electron chi connectivity index (χ3n) is 6.54. The molecule has 2 N–H and O–H groups in total. The van der Waals surface area contributed by atoms with Crippen molar-refractivity contribution in [2.24, 2.45) is 5.92 Å². The zero-order valence-corrected chi connectivity index (χ0v) is 16.9. The molecule has 2 aromatic rings. The van der Waals surface area contributed by atoms with Gasteiger partial charge in [0.05, 0.1) is 13.7 Å². The fourth-order valence-corrected chi connectivity index (χ4v) is 5.09. The molecule has 1 fully saturated rings. The lowest BCUT2D eigenvalue weighted by Crippen LogP contribution is -2.47. The van der Waals surface area contributed by atoms with E-state index in [1.807, 2.05) is 12.1 Å². The minimum Gasteiger partial charge on any atom is -0.504 e. The first kappa shape index (κ1) is 18.4. The van der Waals surface area contributed by atoms with Gasteiger partial charge in [-0.25, -0.2) is 0 Å². The second-order valence-corrected chi connectivity index (χ2v) is 8.28. The van der Waals surface area contributed by atoms with Crippen LogP contribution in [0.3, 0.4) is 0 Å². The largest absolute Gasteiger partial charge is 0.504 e. The highest BCUT2D eigenvalue weighted by Crippen LogP contribution is 2.50. The molecule has 0 spiro atoms. The number of ether oxygens (including phenoxy) is 3. The van der Waals surface area contributed by atoms with Crippen LogP contribution in [0.2, 0.25) is 0 Å². The number of nitrogens with zero attached hydrogens (tertiary/aromatic N) is 1. The summed E-state index contributed by atoms with van der Waals surface area (Å²) in [6, 6.07) is 7.70. The highest BCUT2D eigenvalue weighted by atomic mass is 16.5. The summed E-state index contributed by atoms with van der Waals surface area (Å²) in [6.07, 6.45) is 3.22. The Balaban J connectivity index is 1.65. The Morgan fingerprint density at radius 1 is 1.07 bits per heavy atom. The molecule has 3 heterocycles. The van der Waals surface area contributed by atoms with Crippen LogP contribution in [0.15, 0.2) is 24.3 Å². The minimum atomic E-state index is -0.227. The van der Waals surface area contributed by atoms with Gasteiger partial charge in [0, 0.05) is 43.0 Å². The molecule has 0 aliphatic carbocycles. The third-order valence-corrected chi connectivity index (χ3v) is 6.54. The summed E-state index contributed by atoms with van der Waals surface area (Å²) in [5.74, 6) is 1.81. The maximum atomic E-state index is 10.3. The van der Waals surface area contributed by atoms with E-state index in [-0.39, 0.29) is 35.3 Å². The monoisotopic (exact) mass is 397 g/mol. The third kappa shape index (κ3) is 2.97. The van der Waals surface area contributed by atoms with Gasteiger partial charge in [-0.2, -0.15) is 0 Å². The van der Waals surface area contributed by atoms with Gasteiger partial charge < -0.3 is 24.4 Å². The molecule has 1 saturated heterocycles. The van der Waals surface area contributed by atoms with Gasteiger partial charge in [-0.3, -0.25) is 4.90 Å². The molecule has 0 aromatic heterocycles. The molecule has 6 heteroatoms. The van der Waals surface area contributed by atoms with Gasteiger partial charge in [0.15, 0.2) is 17.7 Å². The van der Waals surface area contributed by atoms with E-state index in [2.05, 4.69) is 17.9 Å². The lowest BCUT2D eigenvalue weighted by molar-refractivity contribution is -0.0178. The number of methoxy groups -OCH3 is 1. The van der Waals surface area contributed by atoms with E-state index in [1.54, 1.807) is 6.07 Å². The molecule has 0 saturated carbocycles. The lowest BCUT2D eigenvalue weighted by Gasteiger charge is -2.42. The van der Waals surface area contributed by atoms with Crippen LogP contribution in [-0.4, -0.2) is 48.1 Å². The molecule has 29 heavy (non-hydrogen) atoms. The average Bonchev–Trinajstić information content (AvgIpc) is 3.39. The highest BCUT2D eigenvalue weighted by Gasteiger charge is 2.41. The summed E-state index contributed by atoms with van der Waals surface area (Å²) in [6.45, 7) is 4.96.